The minimum atomic E-state index is -0.197. The van der Waals surface area contributed by atoms with Crippen molar-refractivity contribution in [2.45, 2.75) is 6.61 Å². The highest BCUT2D eigenvalue weighted by Crippen LogP contribution is 2.38. The van der Waals surface area contributed by atoms with Gasteiger partial charge in [-0.1, -0.05) is 83.3 Å². The van der Waals surface area contributed by atoms with Gasteiger partial charge in [0.1, 0.15) is 12.4 Å². The molecule has 1 aliphatic rings. The van der Waals surface area contributed by atoms with E-state index in [2.05, 4.69) is 18.2 Å². The predicted octanol–water partition coefficient (Wildman–Crippen LogP) is 10.2. The maximum atomic E-state index is 13.6. The third-order valence-corrected chi connectivity index (χ3v) is 8.23. The zero-order chi connectivity index (χ0) is 28.3. The summed E-state index contributed by atoms with van der Waals surface area (Å²) in [4.78, 5) is 20.4. The van der Waals surface area contributed by atoms with Gasteiger partial charge in [-0.3, -0.25) is 9.69 Å². The molecule has 1 heterocycles. The third kappa shape index (κ3) is 6.14. The largest absolute Gasteiger partial charge is 0.487 e. The van der Waals surface area contributed by atoms with E-state index in [0.29, 0.717) is 48.9 Å². The topological polar surface area (TPSA) is 41.9 Å². The molecule has 0 atom stereocenters. The Hall–Kier alpha value is -3.74. The molecule has 8 heteroatoms. The van der Waals surface area contributed by atoms with Gasteiger partial charge in [0.25, 0.3) is 5.91 Å². The number of amidine groups is 1. The molecule has 1 saturated heterocycles. The number of hydrogen-bond donors (Lipinski definition) is 0. The molecule has 0 unspecified atom stereocenters. The number of amides is 1. The number of thioether (sulfide) groups is 1. The Labute approximate surface area is 256 Å². The lowest BCUT2D eigenvalue weighted by Gasteiger charge is -2.15. The Morgan fingerprint density at radius 1 is 0.805 bits per heavy atom. The molecule has 0 aromatic heterocycles. The molecule has 202 valence electrons. The molecule has 6 rings (SSSR count). The number of benzene rings is 5. The number of ether oxygens (including phenoxy) is 1. The molecule has 0 radical (unpaired) electrons. The fourth-order valence-electron chi connectivity index (χ4n) is 4.44. The standard InChI is InChI=1S/C33H21Cl3N2O2S/c34-24-9-13-26(14-10-24)37-33-38(27-15-11-25(35)12-16-27)32(39)31(41-33)19-21-8-17-30(29(36)18-21)40-20-23-6-3-5-22-4-1-2-7-28(22)23/h1-19H,20H2/b31-19-,37-33?. The average molecular weight is 616 g/mol. The summed E-state index contributed by atoms with van der Waals surface area (Å²) in [6.45, 7) is 0.385. The van der Waals surface area contributed by atoms with Gasteiger partial charge in [-0.2, -0.15) is 0 Å². The van der Waals surface area contributed by atoms with Crippen LogP contribution in [0, 0.1) is 0 Å². The first-order valence-corrected chi connectivity index (χ1v) is 14.6. The molecule has 5 aromatic carbocycles. The van der Waals surface area contributed by atoms with E-state index in [1.54, 1.807) is 65.6 Å². The Kier molecular flexibility index (Phi) is 8.04. The fraction of sp³-hybridized carbons (Fsp3) is 0.0303. The summed E-state index contributed by atoms with van der Waals surface area (Å²) in [6.07, 6.45) is 1.81. The van der Waals surface area contributed by atoms with Crippen LogP contribution < -0.4 is 9.64 Å². The Morgan fingerprint density at radius 2 is 1.51 bits per heavy atom. The van der Waals surface area contributed by atoms with Crippen LogP contribution in [0.2, 0.25) is 15.1 Å². The molecular weight excluding hydrogens is 595 g/mol. The van der Waals surface area contributed by atoms with E-state index in [0.717, 1.165) is 21.9 Å². The molecule has 1 fully saturated rings. The van der Waals surface area contributed by atoms with Crippen molar-refractivity contribution in [3.63, 3.8) is 0 Å². The van der Waals surface area contributed by atoms with Crippen LogP contribution in [-0.2, 0) is 11.4 Å². The summed E-state index contributed by atoms with van der Waals surface area (Å²) in [5, 5.41) is 4.47. The monoisotopic (exact) mass is 614 g/mol. The van der Waals surface area contributed by atoms with Crippen LogP contribution in [0.15, 0.2) is 119 Å². The van der Waals surface area contributed by atoms with Crippen molar-refractivity contribution in [3.8, 4) is 5.75 Å². The molecule has 4 nitrogen and oxygen atoms in total. The smallest absolute Gasteiger partial charge is 0.271 e. The molecule has 0 aliphatic carbocycles. The van der Waals surface area contributed by atoms with Crippen molar-refractivity contribution in [1.82, 2.24) is 0 Å². The van der Waals surface area contributed by atoms with Crippen molar-refractivity contribution in [2.24, 2.45) is 4.99 Å². The lowest BCUT2D eigenvalue weighted by atomic mass is 10.1. The predicted molar refractivity (Wildman–Crippen MR) is 173 cm³/mol. The van der Waals surface area contributed by atoms with Crippen LogP contribution >= 0.6 is 46.6 Å². The van der Waals surface area contributed by atoms with E-state index in [1.165, 1.54) is 11.8 Å². The molecular formula is C33H21Cl3N2O2S. The van der Waals surface area contributed by atoms with Crippen molar-refractivity contribution in [1.29, 1.82) is 0 Å². The van der Waals surface area contributed by atoms with Crippen LogP contribution in [0.1, 0.15) is 11.1 Å². The van der Waals surface area contributed by atoms with E-state index in [4.69, 9.17) is 44.5 Å². The Morgan fingerprint density at radius 3 is 2.27 bits per heavy atom. The second-order valence-corrected chi connectivity index (χ2v) is 11.5. The van der Waals surface area contributed by atoms with Gasteiger partial charge in [0, 0.05) is 10.0 Å². The van der Waals surface area contributed by atoms with Crippen LogP contribution in [-0.4, -0.2) is 11.1 Å². The summed E-state index contributed by atoms with van der Waals surface area (Å²) >= 11 is 20.0. The summed E-state index contributed by atoms with van der Waals surface area (Å²) in [6, 6.07) is 34.0. The number of aliphatic imine (C=N–C) groups is 1. The quantitative estimate of drug-likeness (QED) is 0.179. The Bertz CT molecular complexity index is 1810. The first kappa shape index (κ1) is 27.4. The van der Waals surface area contributed by atoms with Gasteiger partial charge in [-0.15, -0.1) is 0 Å². The lowest BCUT2D eigenvalue weighted by molar-refractivity contribution is -0.113. The highest BCUT2D eigenvalue weighted by atomic mass is 35.5. The van der Waals surface area contributed by atoms with Gasteiger partial charge in [0.05, 0.1) is 21.3 Å². The maximum Gasteiger partial charge on any atom is 0.271 e. The Balaban J connectivity index is 1.26. The number of carbonyl (C=O) groups excluding carboxylic acids is 1. The molecule has 0 N–H and O–H groups in total. The molecule has 0 bridgehead atoms. The van der Waals surface area contributed by atoms with Crippen LogP contribution in [0.5, 0.6) is 5.75 Å². The molecule has 0 spiro atoms. The summed E-state index contributed by atoms with van der Waals surface area (Å²) in [5.74, 6) is 0.373. The number of nitrogens with zero attached hydrogens (tertiary/aromatic N) is 2. The van der Waals surface area contributed by atoms with Crippen molar-refractivity contribution in [2.75, 3.05) is 4.90 Å². The first-order valence-electron chi connectivity index (χ1n) is 12.7. The van der Waals surface area contributed by atoms with E-state index in [9.17, 15) is 4.79 Å². The van der Waals surface area contributed by atoms with Gasteiger partial charge in [0.15, 0.2) is 5.17 Å². The number of fused-ring (bicyclic) bond motifs is 1. The number of rotatable bonds is 6. The zero-order valence-corrected chi connectivity index (χ0v) is 24.5. The summed E-state index contributed by atoms with van der Waals surface area (Å²) in [5.41, 5.74) is 3.19. The van der Waals surface area contributed by atoms with Crippen LogP contribution in [0.4, 0.5) is 11.4 Å². The van der Waals surface area contributed by atoms with Crippen molar-refractivity contribution >= 4 is 85.9 Å². The molecule has 5 aromatic rings. The average Bonchev–Trinajstić information content (AvgIpc) is 3.28. The highest BCUT2D eigenvalue weighted by molar-refractivity contribution is 8.19. The minimum Gasteiger partial charge on any atom is -0.487 e. The number of anilines is 1. The summed E-state index contributed by atoms with van der Waals surface area (Å²) < 4.78 is 6.08. The molecule has 1 amide bonds. The number of carbonyl (C=O) groups is 1. The van der Waals surface area contributed by atoms with E-state index in [-0.39, 0.29) is 5.91 Å². The van der Waals surface area contributed by atoms with Gasteiger partial charge in [-0.05, 0) is 100 Å². The molecule has 41 heavy (non-hydrogen) atoms. The normalized spacial score (nSPS) is 15.3. The zero-order valence-electron chi connectivity index (χ0n) is 21.4. The van der Waals surface area contributed by atoms with E-state index >= 15 is 0 Å². The second kappa shape index (κ2) is 12.0. The van der Waals surface area contributed by atoms with Gasteiger partial charge in [0.2, 0.25) is 0 Å². The van der Waals surface area contributed by atoms with Gasteiger partial charge < -0.3 is 4.74 Å². The number of halogens is 3. The van der Waals surface area contributed by atoms with Crippen molar-refractivity contribution < 1.29 is 9.53 Å². The van der Waals surface area contributed by atoms with E-state index < -0.39 is 0 Å². The third-order valence-electron chi connectivity index (χ3n) is 6.46. The van der Waals surface area contributed by atoms with Crippen molar-refractivity contribution in [3.05, 3.63) is 140 Å². The van der Waals surface area contributed by atoms with Gasteiger partial charge >= 0.3 is 0 Å². The second-order valence-electron chi connectivity index (χ2n) is 9.22. The first-order chi connectivity index (χ1) is 19.9. The number of hydrogen-bond acceptors (Lipinski definition) is 4. The molecule has 0 saturated carbocycles. The van der Waals surface area contributed by atoms with E-state index in [1.807, 2.05) is 36.4 Å². The van der Waals surface area contributed by atoms with Crippen LogP contribution in [0.3, 0.4) is 0 Å². The summed E-state index contributed by atoms with van der Waals surface area (Å²) in [7, 11) is 0. The maximum absolute atomic E-state index is 13.6. The highest BCUT2D eigenvalue weighted by Gasteiger charge is 2.34. The van der Waals surface area contributed by atoms with Gasteiger partial charge in [-0.25, -0.2) is 4.99 Å². The SMILES string of the molecule is O=C1/C(=C/c2ccc(OCc3cccc4ccccc34)c(Cl)c2)SC(=Nc2ccc(Cl)cc2)N1c1ccc(Cl)cc1. The minimum absolute atomic E-state index is 0.197. The van der Waals surface area contributed by atoms with Crippen LogP contribution in [0.25, 0.3) is 16.8 Å². The molecule has 1 aliphatic heterocycles. The fourth-order valence-corrected chi connectivity index (χ4v) is 5.94. The lowest BCUT2D eigenvalue weighted by Crippen LogP contribution is -2.28.